The largest absolute Gasteiger partial charge is 0.452 e. The Morgan fingerprint density at radius 3 is 2.46 bits per heavy atom. The highest BCUT2D eigenvalue weighted by Crippen LogP contribution is 2.35. The number of oxazole rings is 1. The zero-order chi connectivity index (χ0) is 19.7. The minimum Gasteiger partial charge on any atom is -0.431 e. The van der Waals surface area contributed by atoms with Crippen molar-refractivity contribution >= 4 is 17.4 Å². The molecule has 9 heteroatoms. The summed E-state index contributed by atoms with van der Waals surface area (Å²) in [7, 11) is 0. The number of hydrogen-bond acceptors (Lipinski definition) is 5. The van der Waals surface area contributed by atoms with E-state index < -0.39 is 23.5 Å². The maximum Gasteiger partial charge on any atom is 0.452 e. The van der Waals surface area contributed by atoms with Crippen LogP contribution in [0, 0.1) is 0 Å². The molecule has 0 aliphatic heterocycles. The van der Waals surface area contributed by atoms with Gasteiger partial charge < -0.3 is 15.1 Å². The lowest BCUT2D eigenvalue weighted by Gasteiger charge is -2.07. The van der Waals surface area contributed by atoms with Crippen LogP contribution in [0.15, 0.2) is 53.1 Å². The number of hydrogen-bond donors (Lipinski definition) is 2. The number of aromatic nitrogens is 2. The average Bonchev–Trinajstić information content (AvgIpc) is 3.36. The smallest absolute Gasteiger partial charge is 0.431 e. The Bertz CT molecular complexity index is 981. The molecular formula is C19H15F3N4O2. The summed E-state index contributed by atoms with van der Waals surface area (Å²) in [6.45, 7) is 0. The van der Waals surface area contributed by atoms with E-state index in [0.29, 0.717) is 17.4 Å². The third kappa shape index (κ3) is 3.98. The SMILES string of the molecule is O=C(Nc1ccc(NC2CC2)nc1)c1nc(-c2ccccc2)oc1C(F)(F)F. The van der Waals surface area contributed by atoms with Gasteiger partial charge in [-0.2, -0.15) is 13.2 Å². The Morgan fingerprint density at radius 2 is 1.86 bits per heavy atom. The van der Waals surface area contributed by atoms with E-state index in [2.05, 4.69) is 20.6 Å². The number of rotatable bonds is 5. The molecule has 0 unspecified atom stereocenters. The highest BCUT2D eigenvalue weighted by molar-refractivity contribution is 6.04. The van der Waals surface area contributed by atoms with E-state index in [0.717, 1.165) is 12.8 Å². The average molecular weight is 388 g/mol. The van der Waals surface area contributed by atoms with Crippen LogP contribution in [0.1, 0.15) is 29.1 Å². The predicted octanol–water partition coefficient (Wildman–Crippen LogP) is 4.58. The summed E-state index contributed by atoms with van der Waals surface area (Å²) in [5, 5.41) is 5.56. The summed E-state index contributed by atoms with van der Waals surface area (Å²) < 4.78 is 44.8. The second-order valence-corrected chi connectivity index (χ2v) is 6.37. The number of nitrogens with one attached hydrogen (secondary N) is 2. The van der Waals surface area contributed by atoms with E-state index in [1.54, 1.807) is 42.5 Å². The molecule has 0 bridgehead atoms. The fourth-order valence-corrected chi connectivity index (χ4v) is 2.55. The summed E-state index contributed by atoms with van der Waals surface area (Å²) in [5.74, 6) is -2.10. The highest BCUT2D eigenvalue weighted by Gasteiger charge is 2.42. The van der Waals surface area contributed by atoms with Crippen molar-refractivity contribution in [2.45, 2.75) is 25.1 Å². The summed E-state index contributed by atoms with van der Waals surface area (Å²) in [6.07, 6.45) is -1.33. The van der Waals surface area contributed by atoms with Gasteiger partial charge in [-0.25, -0.2) is 9.97 Å². The van der Waals surface area contributed by atoms with E-state index in [-0.39, 0.29) is 11.6 Å². The van der Waals surface area contributed by atoms with Crippen LogP contribution in [0.2, 0.25) is 0 Å². The molecule has 0 atom stereocenters. The summed E-state index contributed by atoms with van der Waals surface area (Å²) in [6, 6.07) is 11.7. The second-order valence-electron chi connectivity index (χ2n) is 6.37. The molecule has 144 valence electrons. The first-order chi connectivity index (χ1) is 13.4. The highest BCUT2D eigenvalue weighted by atomic mass is 19.4. The molecule has 1 amide bonds. The van der Waals surface area contributed by atoms with Crippen molar-refractivity contribution < 1.29 is 22.4 Å². The number of halogens is 3. The van der Waals surface area contributed by atoms with Crippen LogP contribution in [-0.4, -0.2) is 21.9 Å². The van der Waals surface area contributed by atoms with Gasteiger partial charge in [-0.15, -0.1) is 0 Å². The first kappa shape index (κ1) is 18.0. The van der Waals surface area contributed by atoms with Crippen LogP contribution in [0.4, 0.5) is 24.7 Å². The lowest BCUT2D eigenvalue weighted by atomic mass is 10.2. The van der Waals surface area contributed by atoms with E-state index in [1.165, 1.54) is 6.20 Å². The van der Waals surface area contributed by atoms with Crippen molar-refractivity contribution in [3.63, 3.8) is 0 Å². The molecule has 1 aromatic carbocycles. The molecule has 4 rings (SSSR count). The molecule has 1 aliphatic rings. The quantitative estimate of drug-likeness (QED) is 0.669. The number of carbonyl (C=O) groups excluding carboxylic acids is 1. The van der Waals surface area contributed by atoms with Crippen LogP contribution in [0.3, 0.4) is 0 Å². The van der Waals surface area contributed by atoms with E-state index >= 15 is 0 Å². The topological polar surface area (TPSA) is 80.0 Å². The second kappa shape index (κ2) is 6.99. The van der Waals surface area contributed by atoms with Gasteiger partial charge in [-0.3, -0.25) is 4.79 Å². The lowest BCUT2D eigenvalue weighted by molar-refractivity contribution is -0.153. The van der Waals surface area contributed by atoms with Gasteiger partial charge in [0.25, 0.3) is 5.91 Å². The Labute approximate surface area is 157 Å². The zero-order valence-corrected chi connectivity index (χ0v) is 14.5. The zero-order valence-electron chi connectivity index (χ0n) is 14.5. The molecule has 2 N–H and O–H groups in total. The lowest BCUT2D eigenvalue weighted by Crippen LogP contribution is -2.18. The minimum absolute atomic E-state index is 0.253. The number of amides is 1. The fourth-order valence-electron chi connectivity index (χ4n) is 2.55. The van der Waals surface area contributed by atoms with Gasteiger partial charge in [-0.1, -0.05) is 18.2 Å². The van der Waals surface area contributed by atoms with Gasteiger partial charge in [0.05, 0.1) is 11.9 Å². The molecule has 2 heterocycles. The van der Waals surface area contributed by atoms with E-state index in [1.807, 2.05) is 0 Å². The van der Waals surface area contributed by atoms with Gasteiger partial charge >= 0.3 is 6.18 Å². The standard InChI is InChI=1S/C19H15F3N4O2/c20-19(21,22)16-15(26-18(28-16)11-4-2-1-3-5-11)17(27)25-13-8-9-14(23-10-13)24-12-6-7-12/h1-5,8-10,12H,6-7H2,(H,23,24)(H,25,27). The van der Waals surface area contributed by atoms with Crippen molar-refractivity contribution in [3.8, 4) is 11.5 Å². The molecule has 1 fully saturated rings. The Balaban J connectivity index is 1.58. The van der Waals surface area contributed by atoms with Gasteiger partial charge in [0, 0.05) is 11.6 Å². The first-order valence-electron chi connectivity index (χ1n) is 8.57. The molecule has 0 spiro atoms. The van der Waals surface area contributed by atoms with Gasteiger partial charge in [0.15, 0.2) is 5.69 Å². The Morgan fingerprint density at radius 1 is 1.11 bits per heavy atom. The molecule has 0 radical (unpaired) electrons. The van der Waals surface area contributed by atoms with Crippen LogP contribution >= 0.6 is 0 Å². The molecule has 0 saturated heterocycles. The Hall–Kier alpha value is -3.36. The Kier molecular flexibility index (Phi) is 4.50. The van der Waals surface area contributed by atoms with Crippen molar-refractivity contribution in [2.24, 2.45) is 0 Å². The van der Waals surface area contributed by atoms with Crippen molar-refractivity contribution in [1.82, 2.24) is 9.97 Å². The number of pyridine rings is 1. The summed E-state index contributed by atoms with van der Waals surface area (Å²) in [5.41, 5.74) is -0.237. The molecule has 1 aliphatic carbocycles. The third-order valence-corrected chi connectivity index (χ3v) is 4.07. The van der Waals surface area contributed by atoms with Crippen molar-refractivity contribution in [3.05, 3.63) is 60.1 Å². The monoisotopic (exact) mass is 388 g/mol. The molecular weight excluding hydrogens is 373 g/mol. The number of alkyl halides is 3. The maximum atomic E-state index is 13.3. The van der Waals surface area contributed by atoms with Gasteiger partial charge in [0.1, 0.15) is 5.82 Å². The predicted molar refractivity (Wildman–Crippen MR) is 95.8 cm³/mol. The molecule has 1 saturated carbocycles. The number of anilines is 2. The van der Waals surface area contributed by atoms with Crippen LogP contribution < -0.4 is 10.6 Å². The summed E-state index contributed by atoms with van der Waals surface area (Å²) in [4.78, 5) is 20.3. The van der Waals surface area contributed by atoms with E-state index in [4.69, 9.17) is 4.42 Å². The molecule has 6 nitrogen and oxygen atoms in total. The van der Waals surface area contributed by atoms with Crippen LogP contribution in [0.5, 0.6) is 0 Å². The normalized spacial score (nSPS) is 14.0. The van der Waals surface area contributed by atoms with E-state index in [9.17, 15) is 18.0 Å². The number of benzene rings is 1. The maximum absolute atomic E-state index is 13.3. The molecule has 3 aromatic rings. The van der Waals surface area contributed by atoms with Crippen molar-refractivity contribution in [2.75, 3.05) is 10.6 Å². The number of nitrogens with zero attached hydrogens (tertiary/aromatic N) is 2. The molecule has 2 aromatic heterocycles. The molecule has 28 heavy (non-hydrogen) atoms. The summed E-state index contributed by atoms with van der Waals surface area (Å²) >= 11 is 0. The van der Waals surface area contributed by atoms with Gasteiger partial charge in [0.2, 0.25) is 11.7 Å². The van der Waals surface area contributed by atoms with Crippen LogP contribution in [0.25, 0.3) is 11.5 Å². The fraction of sp³-hybridized carbons (Fsp3) is 0.211. The number of carbonyl (C=O) groups is 1. The first-order valence-corrected chi connectivity index (χ1v) is 8.57. The van der Waals surface area contributed by atoms with Gasteiger partial charge in [-0.05, 0) is 37.1 Å². The van der Waals surface area contributed by atoms with Crippen LogP contribution in [-0.2, 0) is 6.18 Å². The van der Waals surface area contributed by atoms with Crippen molar-refractivity contribution in [1.29, 1.82) is 0 Å². The minimum atomic E-state index is -4.86. The third-order valence-electron chi connectivity index (χ3n) is 4.07.